The largest absolute Gasteiger partial charge is 0.391 e. The molecule has 1 aliphatic rings. The summed E-state index contributed by atoms with van der Waals surface area (Å²) in [5, 5.41) is 24.7. The van der Waals surface area contributed by atoms with E-state index in [9.17, 15) is 48.3 Å². The van der Waals surface area contributed by atoms with Crippen LogP contribution in [0.4, 0.5) is 0 Å². The maximum Gasteiger partial charge on any atom is 0.254 e. The number of carbonyl (C=O) groups excluding carboxylic acids is 9. The lowest BCUT2D eigenvalue weighted by Crippen LogP contribution is -2.63. The number of rotatable bonds is 28. The summed E-state index contributed by atoms with van der Waals surface area (Å²) in [4.78, 5) is 133. The highest BCUT2D eigenvalue weighted by Crippen LogP contribution is 2.20. The summed E-state index contributed by atoms with van der Waals surface area (Å²) >= 11 is 0. The highest BCUT2D eigenvalue weighted by atomic mass is 16.3. The van der Waals surface area contributed by atoms with Gasteiger partial charge in [0.1, 0.15) is 36.3 Å². The van der Waals surface area contributed by atoms with Crippen molar-refractivity contribution in [3.63, 3.8) is 0 Å². The smallest absolute Gasteiger partial charge is 0.254 e. The van der Waals surface area contributed by atoms with Gasteiger partial charge in [0, 0.05) is 60.5 Å². The zero-order valence-corrected chi connectivity index (χ0v) is 47.4. The number of likely N-dealkylation sites (N-methyl/N-ethyl adjacent to an activating group) is 4. The van der Waals surface area contributed by atoms with Crippen molar-refractivity contribution >= 4 is 53.2 Å². The first-order valence-corrected chi connectivity index (χ1v) is 27.0. The normalized spacial score (nSPS) is 15.8. The second-order valence-corrected chi connectivity index (χ2v) is 22.1. The number of hydrogen-bond donors (Lipinski definition) is 6. The van der Waals surface area contributed by atoms with Crippen LogP contribution in [0, 0.1) is 23.7 Å². The molecule has 0 spiro atoms. The molecule has 2 aromatic carbocycles. The second kappa shape index (κ2) is 31.0. The van der Waals surface area contributed by atoms with Gasteiger partial charge in [-0.05, 0) is 80.2 Å². The van der Waals surface area contributed by atoms with E-state index in [-0.39, 0.29) is 68.1 Å². The number of piperidine rings is 1. The Morgan fingerprint density at radius 2 is 0.974 bits per heavy atom. The van der Waals surface area contributed by atoms with Gasteiger partial charge < -0.3 is 51.3 Å². The Balaban J connectivity index is 1.94. The van der Waals surface area contributed by atoms with Gasteiger partial charge in [0.2, 0.25) is 41.4 Å². The number of benzene rings is 2. The summed E-state index contributed by atoms with van der Waals surface area (Å²) in [7, 11) is 5.75. The molecule has 1 saturated heterocycles. The molecule has 0 aromatic heterocycles. The maximum atomic E-state index is 14.7. The van der Waals surface area contributed by atoms with Gasteiger partial charge in [-0.25, -0.2) is 0 Å². The summed E-state index contributed by atoms with van der Waals surface area (Å²) in [6.45, 7) is 17.2. The zero-order chi connectivity index (χ0) is 57.0. The van der Waals surface area contributed by atoms with E-state index >= 15 is 0 Å². The third kappa shape index (κ3) is 19.6. The summed E-state index contributed by atoms with van der Waals surface area (Å²) in [5.41, 5.74) is 1.48. The van der Waals surface area contributed by atoms with Crippen LogP contribution in [-0.2, 0) is 56.0 Å². The lowest BCUT2D eigenvalue weighted by atomic mass is 9.97. The van der Waals surface area contributed by atoms with Gasteiger partial charge in [-0.15, -0.1) is 0 Å². The first-order valence-electron chi connectivity index (χ1n) is 27.0. The zero-order valence-electron chi connectivity index (χ0n) is 47.4. The Morgan fingerprint density at radius 3 is 1.45 bits per heavy atom. The maximum absolute atomic E-state index is 14.7. The molecule has 3 rings (SSSR count). The summed E-state index contributed by atoms with van der Waals surface area (Å²) in [5.74, 6) is -6.15. The van der Waals surface area contributed by atoms with Crippen molar-refractivity contribution in [1.82, 2.24) is 46.2 Å². The molecule has 8 atom stereocenters. The van der Waals surface area contributed by atoms with Crippen molar-refractivity contribution in [2.45, 2.75) is 168 Å². The number of nitrogens with zero attached hydrogens (tertiary/aromatic N) is 4. The molecule has 19 heteroatoms. The average Bonchev–Trinajstić information content (AvgIpc) is 3.37. The van der Waals surface area contributed by atoms with E-state index in [1.54, 1.807) is 42.3 Å². The molecule has 0 bridgehead atoms. The highest BCUT2D eigenvalue weighted by molar-refractivity contribution is 6.07. The van der Waals surface area contributed by atoms with Crippen molar-refractivity contribution in [2.24, 2.45) is 23.7 Å². The first kappa shape index (κ1) is 63.9. The van der Waals surface area contributed by atoms with Crippen LogP contribution in [0.5, 0.6) is 0 Å². The molecule has 9 amide bonds. The number of aliphatic hydroxyl groups is 1. The molecule has 0 aliphatic carbocycles. The molecule has 1 aliphatic heterocycles. The van der Waals surface area contributed by atoms with E-state index in [0.717, 1.165) is 29.7 Å². The van der Waals surface area contributed by atoms with Gasteiger partial charge in [-0.2, -0.15) is 0 Å². The van der Waals surface area contributed by atoms with Gasteiger partial charge in [0.15, 0.2) is 6.04 Å². The predicted molar refractivity (Wildman–Crippen MR) is 292 cm³/mol. The molecule has 1 fully saturated rings. The SMILES string of the molecule is CNC(=O)[C@@H](NC(=O)[C@H](Cc1ccccc1)NC(=O)[C@H](CC(C)C)N(C)C(=O)C(NC(=O)[C@H](CC(C)C)N(C)C(=O)[C@H](CC(C)C)NC(=O)[C@H](Cc1ccccc1)N(C)C(=O)CC(C)C)[C@@H](C)O)C(=O)N1CCCCC1. The standard InChI is InChI=1S/C57H89N9O10/c1-35(2)29-43(60-52(71)46(34-41-25-19-15-20-26-41)63(11)47(68)32-38(7)8)55(74)64(12)45(31-37(5)6)53(72)61-48(39(9)67)56(75)65(13)44(30-36(3)4)51(70)59-42(33-40-23-17-14-18-24-40)50(69)62-49(54(73)58-10)57(76)66-27-21-16-22-28-66/h14-15,17-20,23-26,35-39,42-46,48-49,67H,16,21-22,27-34H2,1-13H3,(H,58,73)(H,59,70)(H,60,71)(H,61,72)(H,62,69)/t39-,42+,43+,44+,45+,46+,48?,49-/m1/s1. The van der Waals surface area contributed by atoms with Crippen LogP contribution in [0.2, 0.25) is 0 Å². The monoisotopic (exact) mass is 1060 g/mol. The Labute approximate surface area is 451 Å². The molecule has 1 heterocycles. The van der Waals surface area contributed by atoms with Crippen LogP contribution in [0.15, 0.2) is 60.7 Å². The Morgan fingerprint density at radius 1 is 0.513 bits per heavy atom. The number of carbonyl (C=O) groups is 9. The van der Waals surface area contributed by atoms with Gasteiger partial charge in [0.25, 0.3) is 11.8 Å². The molecule has 76 heavy (non-hydrogen) atoms. The summed E-state index contributed by atoms with van der Waals surface area (Å²) < 4.78 is 0. The van der Waals surface area contributed by atoms with Gasteiger partial charge >= 0.3 is 0 Å². The van der Waals surface area contributed by atoms with E-state index in [2.05, 4.69) is 26.6 Å². The first-order chi connectivity index (χ1) is 35.8. The second-order valence-electron chi connectivity index (χ2n) is 22.1. The lowest BCUT2D eigenvalue weighted by Gasteiger charge is -2.36. The van der Waals surface area contributed by atoms with E-state index in [1.165, 1.54) is 37.9 Å². The Bertz CT molecular complexity index is 2240. The molecule has 1 unspecified atom stereocenters. The fraction of sp³-hybridized carbons (Fsp3) is 0.632. The van der Waals surface area contributed by atoms with Crippen LogP contribution in [0.3, 0.4) is 0 Å². The predicted octanol–water partition coefficient (Wildman–Crippen LogP) is 3.22. The fourth-order valence-corrected chi connectivity index (χ4v) is 9.31. The molecule has 0 radical (unpaired) electrons. The van der Waals surface area contributed by atoms with Crippen molar-refractivity contribution in [1.29, 1.82) is 0 Å². The van der Waals surface area contributed by atoms with Crippen LogP contribution < -0.4 is 26.6 Å². The molecule has 6 N–H and O–H groups in total. The van der Waals surface area contributed by atoms with Crippen molar-refractivity contribution in [3.8, 4) is 0 Å². The van der Waals surface area contributed by atoms with Crippen LogP contribution in [-0.4, -0.2) is 168 Å². The minimum absolute atomic E-state index is 0.0380. The number of amides is 9. The van der Waals surface area contributed by atoms with E-state index < -0.39 is 95.7 Å². The Hall–Kier alpha value is -6.37. The van der Waals surface area contributed by atoms with Crippen molar-refractivity contribution < 1.29 is 48.3 Å². The highest BCUT2D eigenvalue weighted by Gasteiger charge is 2.41. The molecule has 0 saturated carbocycles. The third-order valence-electron chi connectivity index (χ3n) is 13.6. The quantitative estimate of drug-likeness (QED) is 0.0680. The van der Waals surface area contributed by atoms with Crippen molar-refractivity contribution in [3.05, 3.63) is 71.8 Å². The van der Waals surface area contributed by atoms with Gasteiger partial charge in [-0.1, -0.05) is 116 Å². The van der Waals surface area contributed by atoms with Gasteiger partial charge in [0.05, 0.1) is 6.10 Å². The van der Waals surface area contributed by atoms with Crippen LogP contribution >= 0.6 is 0 Å². The Kier molecular flexibility index (Phi) is 26.1. The minimum Gasteiger partial charge on any atom is -0.391 e. The van der Waals surface area contributed by atoms with Gasteiger partial charge in [-0.3, -0.25) is 43.2 Å². The number of nitrogens with one attached hydrogen (secondary N) is 5. The summed E-state index contributed by atoms with van der Waals surface area (Å²) in [6, 6.07) is 9.10. The third-order valence-corrected chi connectivity index (χ3v) is 13.6. The number of hydrogen-bond acceptors (Lipinski definition) is 10. The average molecular weight is 1060 g/mol. The minimum atomic E-state index is -1.61. The topological polar surface area (TPSA) is 247 Å². The summed E-state index contributed by atoms with van der Waals surface area (Å²) in [6.07, 6.45) is 1.73. The van der Waals surface area contributed by atoms with E-state index in [0.29, 0.717) is 18.7 Å². The van der Waals surface area contributed by atoms with Crippen LogP contribution in [0.1, 0.15) is 118 Å². The molecular weight excluding hydrogens is 971 g/mol. The number of aliphatic hydroxyl groups excluding tert-OH is 1. The fourth-order valence-electron chi connectivity index (χ4n) is 9.31. The molecule has 2 aromatic rings. The lowest BCUT2D eigenvalue weighted by molar-refractivity contribution is -0.148. The van der Waals surface area contributed by atoms with E-state index in [4.69, 9.17) is 0 Å². The van der Waals surface area contributed by atoms with Crippen LogP contribution in [0.25, 0.3) is 0 Å². The number of likely N-dealkylation sites (tertiary alicyclic amines) is 1. The van der Waals surface area contributed by atoms with E-state index in [1.807, 2.05) is 85.7 Å². The van der Waals surface area contributed by atoms with Crippen molar-refractivity contribution in [2.75, 3.05) is 41.3 Å². The molecule has 19 nitrogen and oxygen atoms in total. The molecule has 422 valence electrons. The molecular formula is C57H89N9O10.